The van der Waals surface area contributed by atoms with Crippen molar-refractivity contribution >= 4 is 23.5 Å². The van der Waals surface area contributed by atoms with Crippen LogP contribution in [0.2, 0.25) is 0 Å². The molecule has 5 heteroatoms. The molecule has 0 atom stereocenters. The van der Waals surface area contributed by atoms with Gasteiger partial charge < -0.3 is 14.2 Å². The third kappa shape index (κ3) is 4.09. The minimum absolute atomic E-state index is 0.172. The summed E-state index contributed by atoms with van der Waals surface area (Å²) in [6, 6.07) is 10.7. The number of hydrogen-bond donors (Lipinski definition) is 0. The summed E-state index contributed by atoms with van der Waals surface area (Å²) < 4.78 is 15.6. The number of halogens is 1. The first-order valence-corrected chi connectivity index (χ1v) is 7.83. The predicted octanol–water partition coefficient (Wildman–Crippen LogP) is 4.35. The van der Waals surface area contributed by atoms with Crippen LogP contribution in [0.1, 0.15) is 21.5 Å². The van der Waals surface area contributed by atoms with Crippen LogP contribution in [0.4, 0.5) is 0 Å². The van der Waals surface area contributed by atoms with Gasteiger partial charge in [-0.25, -0.2) is 0 Å². The highest BCUT2D eigenvalue weighted by atomic mass is 35.5. The lowest BCUT2D eigenvalue weighted by molar-refractivity contribution is 0.104. The summed E-state index contributed by atoms with van der Waals surface area (Å²) >= 11 is 5.91. The first-order chi connectivity index (χ1) is 11.6. The van der Waals surface area contributed by atoms with Gasteiger partial charge >= 0.3 is 0 Å². The molecule has 0 saturated carbocycles. The molecule has 0 aliphatic carbocycles. The van der Waals surface area contributed by atoms with Gasteiger partial charge in [0.1, 0.15) is 17.2 Å². The van der Waals surface area contributed by atoms with Crippen molar-refractivity contribution in [1.29, 1.82) is 0 Å². The average Bonchev–Trinajstić information content (AvgIpc) is 2.65. The number of benzene rings is 2. The van der Waals surface area contributed by atoms with Crippen LogP contribution in [0, 0.1) is 0 Å². The molecule has 2 aromatic carbocycles. The van der Waals surface area contributed by atoms with E-state index in [4.69, 9.17) is 25.8 Å². The molecule has 2 rings (SSSR count). The van der Waals surface area contributed by atoms with E-state index in [2.05, 4.69) is 0 Å². The second-order valence-corrected chi connectivity index (χ2v) is 5.24. The number of ketones is 1. The topological polar surface area (TPSA) is 44.8 Å². The van der Waals surface area contributed by atoms with Crippen molar-refractivity contribution in [3.05, 3.63) is 59.2 Å². The van der Waals surface area contributed by atoms with Gasteiger partial charge in [-0.05, 0) is 42.0 Å². The zero-order chi connectivity index (χ0) is 17.5. The van der Waals surface area contributed by atoms with Crippen LogP contribution in [0.5, 0.6) is 17.2 Å². The molecule has 0 N–H and O–H groups in total. The number of ether oxygens (including phenoxy) is 3. The normalized spacial score (nSPS) is 10.7. The molecule has 126 valence electrons. The van der Waals surface area contributed by atoms with Crippen molar-refractivity contribution in [2.24, 2.45) is 0 Å². The second-order valence-electron chi connectivity index (χ2n) is 4.97. The van der Waals surface area contributed by atoms with E-state index in [1.807, 2.05) is 18.2 Å². The Balaban J connectivity index is 2.27. The number of allylic oxidation sites excluding steroid dienone is 1. The molecule has 0 aromatic heterocycles. The van der Waals surface area contributed by atoms with Gasteiger partial charge in [-0.15, -0.1) is 11.6 Å². The highest BCUT2D eigenvalue weighted by Gasteiger charge is 2.11. The minimum atomic E-state index is -0.172. The Labute approximate surface area is 146 Å². The minimum Gasteiger partial charge on any atom is -0.497 e. The lowest BCUT2D eigenvalue weighted by Crippen LogP contribution is -2.00. The maximum Gasteiger partial charge on any atom is 0.189 e. The summed E-state index contributed by atoms with van der Waals surface area (Å²) in [7, 11) is 4.68. The van der Waals surface area contributed by atoms with Gasteiger partial charge in [-0.3, -0.25) is 4.79 Å². The summed E-state index contributed by atoms with van der Waals surface area (Å²) in [6.07, 6.45) is 3.23. The van der Waals surface area contributed by atoms with Crippen molar-refractivity contribution in [3.63, 3.8) is 0 Å². The maximum atomic E-state index is 12.5. The third-order valence-electron chi connectivity index (χ3n) is 3.55. The van der Waals surface area contributed by atoms with E-state index >= 15 is 0 Å². The quantitative estimate of drug-likeness (QED) is 0.425. The number of methoxy groups -OCH3 is 3. The lowest BCUT2D eigenvalue weighted by Gasteiger charge is -2.08. The van der Waals surface area contributed by atoms with E-state index in [1.165, 1.54) is 13.2 Å². The molecule has 0 fully saturated rings. The second kappa shape index (κ2) is 8.41. The third-order valence-corrected chi connectivity index (χ3v) is 3.84. The zero-order valence-electron chi connectivity index (χ0n) is 13.8. The van der Waals surface area contributed by atoms with E-state index in [0.717, 1.165) is 16.9 Å². The summed E-state index contributed by atoms with van der Waals surface area (Å²) in [6.45, 7) is 0. The molecule has 0 heterocycles. The summed E-state index contributed by atoms with van der Waals surface area (Å²) in [5.41, 5.74) is 2.17. The van der Waals surface area contributed by atoms with E-state index in [1.54, 1.807) is 38.5 Å². The first kappa shape index (κ1) is 17.9. The van der Waals surface area contributed by atoms with E-state index < -0.39 is 0 Å². The van der Waals surface area contributed by atoms with Gasteiger partial charge in [0.25, 0.3) is 0 Å². The molecule has 0 unspecified atom stereocenters. The van der Waals surface area contributed by atoms with Gasteiger partial charge in [-0.2, -0.15) is 0 Å². The molecule has 0 spiro atoms. The van der Waals surface area contributed by atoms with E-state index in [0.29, 0.717) is 22.9 Å². The molecule has 0 radical (unpaired) electrons. The van der Waals surface area contributed by atoms with Crippen molar-refractivity contribution < 1.29 is 19.0 Å². The SMILES string of the molecule is COc1ccc(OC)c(C(=O)/C=C/c2ccc(OC)c(CCl)c2)c1. The molecule has 0 aliphatic rings. The van der Waals surface area contributed by atoms with Gasteiger partial charge in [0, 0.05) is 5.56 Å². The number of hydrogen-bond acceptors (Lipinski definition) is 4. The number of alkyl halides is 1. The maximum absolute atomic E-state index is 12.5. The van der Waals surface area contributed by atoms with Gasteiger partial charge in [0.2, 0.25) is 0 Å². The van der Waals surface area contributed by atoms with Gasteiger partial charge in [0.15, 0.2) is 5.78 Å². The van der Waals surface area contributed by atoms with Crippen LogP contribution >= 0.6 is 11.6 Å². The van der Waals surface area contributed by atoms with Gasteiger partial charge in [0.05, 0.1) is 32.8 Å². The fraction of sp³-hybridized carbons (Fsp3) is 0.211. The lowest BCUT2D eigenvalue weighted by atomic mass is 10.1. The number of rotatable bonds is 7. The Morgan fingerprint density at radius 2 is 1.71 bits per heavy atom. The van der Waals surface area contributed by atoms with Crippen LogP contribution in [-0.4, -0.2) is 27.1 Å². The van der Waals surface area contributed by atoms with E-state index in [9.17, 15) is 4.79 Å². The molecule has 24 heavy (non-hydrogen) atoms. The molecule has 0 bridgehead atoms. The van der Waals surface area contributed by atoms with Crippen LogP contribution in [0.25, 0.3) is 6.08 Å². The number of carbonyl (C=O) groups is 1. The molecule has 0 aliphatic heterocycles. The summed E-state index contributed by atoms with van der Waals surface area (Å²) in [4.78, 5) is 12.5. The molecular weight excluding hydrogens is 328 g/mol. The standard InChI is InChI=1S/C19H19ClO4/c1-22-15-6-9-19(24-3)16(11-15)17(21)7-4-13-5-8-18(23-2)14(10-13)12-20/h4-11H,12H2,1-3H3/b7-4+. The van der Waals surface area contributed by atoms with Crippen LogP contribution < -0.4 is 14.2 Å². The number of carbonyl (C=O) groups excluding carboxylic acids is 1. The van der Waals surface area contributed by atoms with Gasteiger partial charge in [-0.1, -0.05) is 12.1 Å². The van der Waals surface area contributed by atoms with Crippen LogP contribution in [-0.2, 0) is 5.88 Å². The van der Waals surface area contributed by atoms with Crippen molar-refractivity contribution in [3.8, 4) is 17.2 Å². The summed E-state index contributed by atoms with van der Waals surface area (Å²) in [5, 5.41) is 0. The van der Waals surface area contributed by atoms with Crippen molar-refractivity contribution in [2.45, 2.75) is 5.88 Å². The molecule has 4 nitrogen and oxygen atoms in total. The zero-order valence-corrected chi connectivity index (χ0v) is 14.6. The largest absolute Gasteiger partial charge is 0.497 e. The summed E-state index contributed by atoms with van der Waals surface area (Å²) in [5.74, 6) is 1.99. The average molecular weight is 347 g/mol. The fourth-order valence-electron chi connectivity index (χ4n) is 2.27. The highest BCUT2D eigenvalue weighted by Crippen LogP contribution is 2.26. The Morgan fingerprint density at radius 1 is 1.00 bits per heavy atom. The molecule has 0 saturated heterocycles. The Bertz CT molecular complexity index is 753. The van der Waals surface area contributed by atoms with Crippen molar-refractivity contribution in [1.82, 2.24) is 0 Å². The molecule has 0 amide bonds. The molecular formula is C19H19ClO4. The Hall–Kier alpha value is -2.46. The Kier molecular flexibility index (Phi) is 6.27. The smallest absolute Gasteiger partial charge is 0.189 e. The van der Waals surface area contributed by atoms with Crippen molar-refractivity contribution in [2.75, 3.05) is 21.3 Å². The monoisotopic (exact) mass is 346 g/mol. The van der Waals surface area contributed by atoms with E-state index in [-0.39, 0.29) is 5.78 Å². The first-order valence-electron chi connectivity index (χ1n) is 7.30. The molecule has 2 aromatic rings. The highest BCUT2D eigenvalue weighted by molar-refractivity contribution is 6.17. The van der Waals surface area contributed by atoms with Crippen LogP contribution in [0.3, 0.4) is 0 Å². The predicted molar refractivity (Wildman–Crippen MR) is 95.5 cm³/mol. The fourth-order valence-corrected chi connectivity index (χ4v) is 2.48. The Morgan fingerprint density at radius 3 is 2.33 bits per heavy atom. The van der Waals surface area contributed by atoms with Crippen LogP contribution in [0.15, 0.2) is 42.5 Å².